The molecule has 20 heavy (non-hydrogen) atoms. The van der Waals surface area contributed by atoms with E-state index >= 15 is 0 Å². The molecule has 3 amide bonds. The molecule has 1 unspecified atom stereocenters. The highest BCUT2D eigenvalue weighted by Gasteiger charge is 2.46. The van der Waals surface area contributed by atoms with Crippen LogP contribution in [-0.2, 0) is 4.79 Å². The Morgan fingerprint density at radius 2 is 2.05 bits per heavy atom. The van der Waals surface area contributed by atoms with Crippen molar-refractivity contribution in [3.05, 3.63) is 33.8 Å². The van der Waals surface area contributed by atoms with Crippen LogP contribution in [0.25, 0.3) is 0 Å². The predicted molar refractivity (Wildman–Crippen MR) is 78.1 cm³/mol. The summed E-state index contributed by atoms with van der Waals surface area (Å²) in [6.45, 7) is 3.49. The minimum atomic E-state index is -0.897. The van der Waals surface area contributed by atoms with E-state index in [-0.39, 0.29) is 5.91 Å². The highest BCUT2D eigenvalue weighted by atomic mass is 35.5. The van der Waals surface area contributed by atoms with Gasteiger partial charge < -0.3 is 5.32 Å². The highest BCUT2D eigenvalue weighted by molar-refractivity contribution is 6.42. The van der Waals surface area contributed by atoms with Crippen LogP contribution in [0.2, 0.25) is 10.0 Å². The lowest BCUT2D eigenvalue weighted by molar-refractivity contribution is -0.130. The molecular formula is C13H13Cl2N3O2. The third-order valence-electron chi connectivity index (χ3n) is 3.21. The number of rotatable bonds is 3. The highest BCUT2D eigenvalue weighted by Crippen LogP contribution is 2.23. The Kier molecular flexibility index (Phi) is 4.01. The van der Waals surface area contributed by atoms with Gasteiger partial charge in [0.25, 0.3) is 5.91 Å². The van der Waals surface area contributed by atoms with Crippen LogP contribution >= 0.6 is 23.2 Å². The van der Waals surface area contributed by atoms with Gasteiger partial charge in [0, 0.05) is 0 Å². The molecule has 7 heteroatoms. The molecule has 0 bridgehead atoms. The summed E-state index contributed by atoms with van der Waals surface area (Å²) < 4.78 is 0. The minimum absolute atomic E-state index is 0.374. The lowest BCUT2D eigenvalue weighted by atomic mass is 10.00. The molecule has 1 saturated heterocycles. The number of hydrazone groups is 1. The zero-order chi connectivity index (χ0) is 14.9. The number of imide groups is 1. The van der Waals surface area contributed by atoms with Crippen LogP contribution in [0.5, 0.6) is 0 Å². The Bertz CT molecular complexity index is 603. The van der Waals surface area contributed by atoms with Gasteiger partial charge in [0.2, 0.25) is 0 Å². The molecule has 1 atom stereocenters. The summed E-state index contributed by atoms with van der Waals surface area (Å²) in [4.78, 5) is 23.8. The lowest BCUT2D eigenvalue weighted by Crippen LogP contribution is -2.42. The molecule has 0 spiro atoms. The molecule has 1 heterocycles. The number of hydrogen-bond donors (Lipinski definition) is 1. The largest absolute Gasteiger partial charge is 0.346 e. The molecule has 0 saturated carbocycles. The maximum Gasteiger partial charge on any atom is 0.346 e. The van der Waals surface area contributed by atoms with E-state index in [0.29, 0.717) is 22.0 Å². The van der Waals surface area contributed by atoms with E-state index in [2.05, 4.69) is 10.4 Å². The van der Waals surface area contributed by atoms with Gasteiger partial charge in [-0.3, -0.25) is 4.79 Å². The number of hydrogen-bond acceptors (Lipinski definition) is 3. The number of nitrogens with zero attached hydrogens (tertiary/aromatic N) is 2. The van der Waals surface area contributed by atoms with Crippen molar-refractivity contribution >= 4 is 41.4 Å². The molecule has 5 nitrogen and oxygen atoms in total. The molecule has 1 fully saturated rings. The maximum atomic E-state index is 12.1. The molecule has 106 valence electrons. The summed E-state index contributed by atoms with van der Waals surface area (Å²) in [5.41, 5.74) is -0.253. The molecular weight excluding hydrogens is 301 g/mol. The van der Waals surface area contributed by atoms with E-state index in [9.17, 15) is 9.59 Å². The standard InChI is InChI=1S/C13H13Cl2N3O2/c1-3-13(2)11(19)18(12(20)17-13)16-7-8-4-5-9(14)10(15)6-8/h4-7H,3H2,1-2H3,(H,17,20)/b16-7+. The normalized spacial score (nSPS) is 22.7. The fourth-order valence-corrected chi connectivity index (χ4v) is 2.04. The van der Waals surface area contributed by atoms with Gasteiger partial charge in [-0.2, -0.15) is 5.10 Å². The molecule has 0 radical (unpaired) electrons. The van der Waals surface area contributed by atoms with Gasteiger partial charge in [-0.25, -0.2) is 4.79 Å². The van der Waals surface area contributed by atoms with Crippen LogP contribution < -0.4 is 5.32 Å². The van der Waals surface area contributed by atoms with Crippen LogP contribution in [-0.4, -0.2) is 28.7 Å². The first-order valence-corrected chi connectivity index (χ1v) is 6.78. The number of nitrogens with one attached hydrogen (secondary N) is 1. The molecule has 0 aromatic heterocycles. The smallest absolute Gasteiger partial charge is 0.322 e. The zero-order valence-electron chi connectivity index (χ0n) is 11.0. The van der Waals surface area contributed by atoms with Crippen LogP contribution in [0.4, 0.5) is 4.79 Å². The fraction of sp³-hybridized carbons (Fsp3) is 0.308. The van der Waals surface area contributed by atoms with Crippen molar-refractivity contribution in [3.63, 3.8) is 0 Å². The van der Waals surface area contributed by atoms with E-state index in [1.165, 1.54) is 6.21 Å². The van der Waals surface area contributed by atoms with Gasteiger partial charge >= 0.3 is 6.03 Å². The quantitative estimate of drug-likeness (QED) is 0.688. The Labute approximate surface area is 126 Å². The Hall–Kier alpha value is -1.59. The number of carbonyl (C=O) groups excluding carboxylic acids is 2. The third kappa shape index (κ3) is 2.64. The number of halogens is 2. The first-order valence-electron chi connectivity index (χ1n) is 6.03. The van der Waals surface area contributed by atoms with Crippen LogP contribution in [0, 0.1) is 0 Å². The molecule has 2 rings (SSSR count). The van der Waals surface area contributed by atoms with E-state index in [0.717, 1.165) is 5.01 Å². The number of benzene rings is 1. The lowest BCUT2D eigenvalue weighted by Gasteiger charge is -2.17. The second kappa shape index (κ2) is 5.42. The van der Waals surface area contributed by atoms with E-state index in [1.807, 2.05) is 6.92 Å². The summed E-state index contributed by atoms with van der Waals surface area (Å²) in [5.74, 6) is -0.374. The van der Waals surface area contributed by atoms with Crippen molar-refractivity contribution < 1.29 is 9.59 Å². The number of carbonyl (C=O) groups is 2. The summed E-state index contributed by atoms with van der Waals surface area (Å²) in [6, 6.07) is 4.38. The molecule has 1 aromatic rings. The van der Waals surface area contributed by atoms with Gasteiger partial charge in [-0.1, -0.05) is 36.2 Å². The molecule has 1 N–H and O–H groups in total. The van der Waals surface area contributed by atoms with Gasteiger partial charge in [0.15, 0.2) is 0 Å². The number of amides is 3. The average Bonchev–Trinajstić information content (AvgIpc) is 2.63. The third-order valence-corrected chi connectivity index (χ3v) is 3.95. The molecule has 1 aliphatic heterocycles. The summed E-state index contributed by atoms with van der Waals surface area (Å²) in [5, 5.41) is 8.16. The van der Waals surface area contributed by atoms with Crippen LogP contribution in [0.1, 0.15) is 25.8 Å². The summed E-state index contributed by atoms with van der Waals surface area (Å²) >= 11 is 11.7. The SMILES string of the molecule is CCC1(C)NC(=O)N(/N=C/c2ccc(Cl)c(Cl)c2)C1=O. The van der Waals surface area contributed by atoms with Crippen molar-refractivity contribution in [3.8, 4) is 0 Å². The van der Waals surface area contributed by atoms with E-state index in [4.69, 9.17) is 23.2 Å². The molecule has 0 aliphatic carbocycles. The van der Waals surface area contributed by atoms with Crippen molar-refractivity contribution in [2.24, 2.45) is 5.10 Å². The summed E-state index contributed by atoms with van der Waals surface area (Å²) in [6.07, 6.45) is 1.89. The topological polar surface area (TPSA) is 61.8 Å². The zero-order valence-corrected chi connectivity index (χ0v) is 12.5. The Morgan fingerprint density at radius 3 is 2.60 bits per heavy atom. The van der Waals surface area contributed by atoms with E-state index in [1.54, 1.807) is 25.1 Å². The maximum absolute atomic E-state index is 12.1. The first-order chi connectivity index (χ1) is 9.37. The monoisotopic (exact) mass is 313 g/mol. The van der Waals surface area contributed by atoms with Crippen LogP contribution in [0.3, 0.4) is 0 Å². The first kappa shape index (κ1) is 14.8. The minimum Gasteiger partial charge on any atom is -0.322 e. The summed E-state index contributed by atoms with van der Waals surface area (Å²) in [7, 11) is 0. The predicted octanol–water partition coefficient (Wildman–Crippen LogP) is 3.05. The molecule has 1 aromatic carbocycles. The van der Waals surface area contributed by atoms with Crippen LogP contribution in [0.15, 0.2) is 23.3 Å². The van der Waals surface area contributed by atoms with Crippen molar-refractivity contribution in [2.45, 2.75) is 25.8 Å². The fourth-order valence-electron chi connectivity index (χ4n) is 1.73. The van der Waals surface area contributed by atoms with Gasteiger partial charge in [-0.05, 0) is 31.0 Å². The number of urea groups is 1. The Morgan fingerprint density at radius 1 is 1.35 bits per heavy atom. The Balaban J connectivity index is 2.21. The molecule has 1 aliphatic rings. The van der Waals surface area contributed by atoms with E-state index < -0.39 is 11.6 Å². The van der Waals surface area contributed by atoms with Gasteiger partial charge in [-0.15, -0.1) is 5.01 Å². The van der Waals surface area contributed by atoms with Gasteiger partial charge in [0.1, 0.15) is 5.54 Å². The van der Waals surface area contributed by atoms with Crippen molar-refractivity contribution in [1.29, 1.82) is 0 Å². The van der Waals surface area contributed by atoms with Crippen molar-refractivity contribution in [1.82, 2.24) is 10.3 Å². The average molecular weight is 314 g/mol. The van der Waals surface area contributed by atoms with Gasteiger partial charge in [0.05, 0.1) is 16.3 Å². The second-order valence-corrected chi connectivity index (χ2v) is 5.47. The van der Waals surface area contributed by atoms with Crippen molar-refractivity contribution in [2.75, 3.05) is 0 Å². The second-order valence-electron chi connectivity index (χ2n) is 4.65.